The van der Waals surface area contributed by atoms with E-state index in [1.807, 2.05) is 0 Å². The van der Waals surface area contributed by atoms with E-state index in [9.17, 15) is 24.9 Å². The number of carbonyl (C=O) groups excluding carboxylic acids is 1. The second kappa shape index (κ2) is 4.95. The third-order valence-corrected chi connectivity index (χ3v) is 8.62. The molecule has 0 heterocycles. The van der Waals surface area contributed by atoms with Crippen molar-refractivity contribution < 1.29 is 24.9 Å². The van der Waals surface area contributed by atoms with E-state index in [4.69, 9.17) is 0 Å². The molecule has 4 aliphatic rings. The zero-order chi connectivity index (χ0) is 18.4. The number of fused-ring (bicyclic) bond motifs is 3. The molecule has 5 nitrogen and oxygen atoms in total. The van der Waals surface area contributed by atoms with Crippen LogP contribution < -0.4 is 0 Å². The van der Waals surface area contributed by atoms with Crippen molar-refractivity contribution in [3.8, 4) is 0 Å². The predicted molar refractivity (Wildman–Crippen MR) is 90.6 cm³/mol. The van der Waals surface area contributed by atoms with Crippen LogP contribution in [0, 0.1) is 34.0 Å². The normalized spacial score (nSPS) is 54.8. The highest BCUT2D eigenvalue weighted by atomic mass is 16.4. The molecule has 2 bridgehead atoms. The van der Waals surface area contributed by atoms with E-state index in [1.165, 1.54) is 0 Å². The van der Waals surface area contributed by atoms with Gasteiger partial charge in [-0.15, -0.1) is 0 Å². The summed E-state index contributed by atoms with van der Waals surface area (Å²) < 4.78 is 0. The SMILES string of the molecule is C=C1C(=O)[C@@]23[C@H](O)C[C@H]4[C@@](C)(CCC[C@]4(C)C(=O)O)[C@@H]2CC[C@@H]1[C@@H]3O. The summed E-state index contributed by atoms with van der Waals surface area (Å²) in [5.41, 5.74) is -1.98. The van der Waals surface area contributed by atoms with Gasteiger partial charge in [-0.1, -0.05) is 19.9 Å². The highest BCUT2D eigenvalue weighted by Gasteiger charge is 2.74. The molecule has 4 rings (SSSR count). The molecule has 4 saturated carbocycles. The fraction of sp³-hybridized carbons (Fsp3) is 0.800. The zero-order valence-corrected chi connectivity index (χ0v) is 15.0. The first-order chi connectivity index (χ1) is 11.6. The van der Waals surface area contributed by atoms with E-state index in [2.05, 4.69) is 13.5 Å². The van der Waals surface area contributed by atoms with Crippen molar-refractivity contribution in [2.75, 3.05) is 0 Å². The molecule has 0 aliphatic heterocycles. The van der Waals surface area contributed by atoms with E-state index < -0.39 is 29.0 Å². The van der Waals surface area contributed by atoms with Crippen molar-refractivity contribution >= 4 is 11.8 Å². The number of carbonyl (C=O) groups is 2. The minimum Gasteiger partial charge on any atom is -0.481 e. The summed E-state index contributed by atoms with van der Waals surface area (Å²) in [6, 6.07) is 0. The second-order valence-corrected chi connectivity index (χ2v) is 9.35. The van der Waals surface area contributed by atoms with Crippen LogP contribution in [0.2, 0.25) is 0 Å². The molecule has 0 amide bonds. The number of ketones is 1. The third kappa shape index (κ3) is 1.72. The molecule has 0 unspecified atom stereocenters. The standard InChI is InChI=1S/C20H28O5/c1-10-11-5-6-12-18(2)7-4-8-19(3,17(24)25)13(18)9-14(21)20(12,15(10)22)16(11)23/h11-14,16,21,23H,1,4-9H2,2-3H3,(H,24,25)/t11-,12-,13-,14+,16-,18-,19-,20-/m0/s1. The zero-order valence-electron chi connectivity index (χ0n) is 15.0. The molecule has 0 aromatic rings. The number of Topliss-reactive ketones (excluding diaryl/α,β-unsaturated/α-hetero) is 1. The maximum atomic E-state index is 13.1. The highest BCUT2D eigenvalue weighted by molar-refractivity contribution is 6.04. The van der Waals surface area contributed by atoms with E-state index >= 15 is 0 Å². The lowest BCUT2D eigenvalue weighted by Gasteiger charge is -2.64. The lowest BCUT2D eigenvalue weighted by atomic mass is 9.39. The lowest BCUT2D eigenvalue weighted by molar-refractivity contribution is -0.229. The molecule has 1 spiro atoms. The van der Waals surface area contributed by atoms with Crippen LogP contribution in [0.3, 0.4) is 0 Å². The Morgan fingerprint density at radius 2 is 1.84 bits per heavy atom. The van der Waals surface area contributed by atoms with Crippen LogP contribution in [0.15, 0.2) is 12.2 Å². The molecule has 138 valence electrons. The Labute approximate surface area is 148 Å². The van der Waals surface area contributed by atoms with Gasteiger partial charge in [-0.3, -0.25) is 9.59 Å². The number of rotatable bonds is 1. The molecule has 4 aliphatic carbocycles. The summed E-state index contributed by atoms with van der Waals surface area (Å²) in [6.07, 6.45) is 2.04. The van der Waals surface area contributed by atoms with Gasteiger partial charge in [-0.25, -0.2) is 0 Å². The van der Waals surface area contributed by atoms with Gasteiger partial charge < -0.3 is 15.3 Å². The van der Waals surface area contributed by atoms with Crippen molar-refractivity contribution in [3.05, 3.63) is 12.2 Å². The molecule has 0 aromatic heterocycles. The van der Waals surface area contributed by atoms with Crippen LogP contribution in [0.1, 0.15) is 52.4 Å². The summed E-state index contributed by atoms with van der Waals surface area (Å²) in [5, 5.41) is 32.0. The summed E-state index contributed by atoms with van der Waals surface area (Å²) >= 11 is 0. The Kier molecular flexibility index (Phi) is 3.41. The number of aliphatic hydroxyl groups is 2. The summed E-state index contributed by atoms with van der Waals surface area (Å²) in [4.78, 5) is 25.2. The van der Waals surface area contributed by atoms with Gasteiger partial charge in [0.1, 0.15) is 0 Å². The number of carboxylic acids is 1. The number of hydrogen-bond donors (Lipinski definition) is 3. The first kappa shape index (κ1) is 17.2. The van der Waals surface area contributed by atoms with Crippen LogP contribution >= 0.6 is 0 Å². The molecule has 5 heteroatoms. The average Bonchev–Trinajstić information content (AvgIpc) is 2.66. The van der Waals surface area contributed by atoms with Crippen molar-refractivity contribution in [3.63, 3.8) is 0 Å². The number of carboxylic acid groups (broad SMARTS) is 1. The molecular formula is C20H28O5. The van der Waals surface area contributed by atoms with Gasteiger partial charge in [0.05, 0.1) is 23.0 Å². The Morgan fingerprint density at radius 3 is 2.48 bits per heavy atom. The van der Waals surface area contributed by atoms with Gasteiger partial charge in [0, 0.05) is 5.92 Å². The third-order valence-electron chi connectivity index (χ3n) is 8.62. The molecule has 3 N–H and O–H groups in total. The summed E-state index contributed by atoms with van der Waals surface area (Å²) in [6.45, 7) is 7.80. The predicted octanol–water partition coefficient (Wildman–Crippen LogP) is 2.16. The number of aliphatic hydroxyl groups excluding tert-OH is 2. The molecule has 0 radical (unpaired) electrons. The minimum atomic E-state index is -1.18. The van der Waals surface area contributed by atoms with E-state index in [1.54, 1.807) is 6.92 Å². The molecular weight excluding hydrogens is 320 g/mol. The second-order valence-electron chi connectivity index (χ2n) is 9.35. The molecule has 0 saturated heterocycles. The van der Waals surface area contributed by atoms with Crippen molar-refractivity contribution in [2.24, 2.45) is 34.0 Å². The molecule has 0 aromatic carbocycles. The largest absolute Gasteiger partial charge is 0.481 e. The molecule has 8 atom stereocenters. The maximum Gasteiger partial charge on any atom is 0.309 e. The minimum absolute atomic E-state index is 0.178. The van der Waals surface area contributed by atoms with Gasteiger partial charge in [0.2, 0.25) is 0 Å². The quantitative estimate of drug-likeness (QED) is 0.631. The van der Waals surface area contributed by atoms with E-state index in [0.717, 1.165) is 19.3 Å². The average molecular weight is 348 g/mol. The van der Waals surface area contributed by atoms with Crippen molar-refractivity contribution in [2.45, 2.75) is 64.6 Å². The first-order valence-electron chi connectivity index (χ1n) is 9.45. The monoisotopic (exact) mass is 348 g/mol. The van der Waals surface area contributed by atoms with E-state index in [0.29, 0.717) is 18.4 Å². The maximum absolute atomic E-state index is 13.1. The van der Waals surface area contributed by atoms with Gasteiger partial charge >= 0.3 is 5.97 Å². The van der Waals surface area contributed by atoms with Crippen LogP contribution in [-0.2, 0) is 9.59 Å². The molecule has 4 fully saturated rings. The summed E-state index contributed by atoms with van der Waals surface area (Å²) in [5.74, 6) is -1.63. The van der Waals surface area contributed by atoms with Gasteiger partial charge in [0.15, 0.2) is 5.78 Å². The number of aliphatic carboxylic acids is 1. The lowest BCUT2D eigenvalue weighted by Crippen LogP contribution is -2.67. The fourth-order valence-corrected chi connectivity index (χ4v) is 7.38. The Hall–Kier alpha value is -1.20. The molecule has 25 heavy (non-hydrogen) atoms. The van der Waals surface area contributed by atoms with Gasteiger partial charge in [0.25, 0.3) is 0 Å². The first-order valence-corrected chi connectivity index (χ1v) is 9.45. The van der Waals surface area contributed by atoms with Crippen LogP contribution in [-0.4, -0.2) is 39.3 Å². The van der Waals surface area contributed by atoms with Gasteiger partial charge in [-0.05, 0) is 61.9 Å². The topological polar surface area (TPSA) is 94.8 Å². The van der Waals surface area contributed by atoms with E-state index in [-0.39, 0.29) is 35.4 Å². The number of hydrogen-bond acceptors (Lipinski definition) is 4. The van der Waals surface area contributed by atoms with Crippen molar-refractivity contribution in [1.82, 2.24) is 0 Å². The van der Waals surface area contributed by atoms with Crippen LogP contribution in [0.25, 0.3) is 0 Å². The summed E-state index contributed by atoms with van der Waals surface area (Å²) in [7, 11) is 0. The van der Waals surface area contributed by atoms with Gasteiger partial charge in [-0.2, -0.15) is 0 Å². The smallest absolute Gasteiger partial charge is 0.309 e. The Bertz CT molecular complexity index is 671. The van der Waals surface area contributed by atoms with Crippen LogP contribution in [0.4, 0.5) is 0 Å². The highest BCUT2D eigenvalue weighted by Crippen LogP contribution is 2.71. The fourth-order valence-electron chi connectivity index (χ4n) is 7.38. The Morgan fingerprint density at radius 1 is 1.16 bits per heavy atom. The Balaban J connectivity index is 1.88. The van der Waals surface area contributed by atoms with Crippen molar-refractivity contribution in [1.29, 1.82) is 0 Å². The van der Waals surface area contributed by atoms with Crippen LogP contribution in [0.5, 0.6) is 0 Å².